The molecule has 16 heavy (non-hydrogen) atoms. The van der Waals surface area contributed by atoms with Crippen LogP contribution in [0.25, 0.3) is 0 Å². The summed E-state index contributed by atoms with van der Waals surface area (Å²) in [5.74, 6) is 0. The molecule has 1 aliphatic rings. The van der Waals surface area contributed by atoms with E-state index < -0.39 is 0 Å². The number of carbonyl (C=O) groups excluding carboxylic acids is 1. The van der Waals surface area contributed by atoms with Crippen molar-refractivity contribution >= 4 is 27.9 Å². The maximum absolute atomic E-state index is 10.6. The van der Waals surface area contributed by atoms with Gasteiger partial charge in [0, 0.05) is 23.7 Å². The Morgan fingerprint density at radius 1 is 1.56 bits per heavy atom. The minimum atomic E-state index is 0.429. The van der Waals surface area contributed by atoms with Crippen LogP contribution in [0.2, 0.25) is 0 Å². The Hall–Kier alpha value is -0.870. The van der Waals surface area contributed by atoms with Crippen molar-refractivity contribution in [3.63, 3.8) is 0 Å². The van der Waals surface area contributed by atoms with E-state index in [0.29, 0.717) is 11.6 Å². The Balaban J connectivity index is 2.22. The minimum Gasteiger partial charge on any atom is -0.379 e. The summed E-state index contributed by atoms with van der Waals surface area (Å²) in [6, 6.07) is 6.07. The second-order valence-electron chi connectivity index (χ2n) is 3.96. The Labute approximate surface area is 104 Å². The van der Waals surface area contributed by atoms with Crippen LogP contribution >= 0.6 is 15.9 Å². The van der Waals surface area contributed by atoms with Gasteiger partial charge in [-0.15, -0.1) is 0 Å². The van der Waals surface area contributed by atoms with Gasteiger partial charge in [0.2, 0.25) is 0 Å². The molecule has 0 aromatic heterocycles. The number of aldehydes is 1. The van der Waals surface area contributed by atoms with E-state index in [2.05, 4.69) is 27.9 Å². The molecule has 2 rings (SSSR count). The molecule has 0 saturated carbocycles. The first kappa shape index (κ1) is 11.6. The zero-order valence-electron chi connectivity index (χ0n) is 9.15. The lowest BCUT2D eigenvalue weighted by Gasteiger charge is -2.26. The zero-order valence-corrected chi connectivity index (χ0v) is 10.7. The standard InChI is InChI=1S/C12H14BrNO2/c1-14(10-4-5-16-8-10)12-3-2-9(7-15)6-11(12)13/h2-3,6-7,10H,4-5,8H2,1H3. The van der Waals surface area contributed by atoms with Gasteiger partial charge in [0.15, 0.2) is 0 Å². The predicted molar refractivity (Wildman–Crippen MR) is 67.2 cm³/mol. The first-order valence-electron chi connectivity index (χ1n) is 5.27. The smallest absolute Gasteiger partial charge is 0.150 e. The van der Waals surface area contributed by atoms with E-state index in [9.17, 15) is 4.79 Å². The summed E-state index contributed by atoms with van der Waals surface area (Å²) in [6.07, 6.45) is 1.91. The van der Waals surface area contributed by atoms with Gasteiger partial charge in [0.25, 0.3) is 0 Å². The fourth-order valence-corrected chi connectivity index (χ4v) is 2.58. The molecule has 0 aliphatic carbocycles. The Morgan fingerprint density at radius 3 is 2.94 bits per heavy atom. The lowest BCUT2D eigenvalue weighted by Crippen LogP contribution is -2.31. The maximum atomic E-state index is 10.6. The molecular formula is C12H14BrNO2. The SMILES string of the molecule is CN(c1ccc(C=O)cc1Br)C1CCOC1. The molecule has 3 nitrogen and oxygen atoms in total. The number of nitrogens with zero attached hydrogens (tertiary/aromatic N) is 1. The van der Waals surface area contributed by atoms with Crippen LogP contribution in [0.5, 0.6) is 0 Å². The van der Waals surface area contributed by atoms with Crippen molar-refractivity contribution in [2.45, 2.75) is 12.5 Å². The molecule has 1 atom stereocenters. The number of benzene rings is 1. The fraction of sp³-hybridized carbons (Fsp3) is 0.417. The first-order chi connectivity index (χ1) is 7.72. The third-order valence-electron chi connectivity index (χ3n) is 2.94. The topological polar surface area (TPSA) is 29.5 Å². The van der Waals surface area contributed by atoms with Crippen LogP contribution in [0.3, 0.4) is 0 Å². The molecule has 1 aromatic rings. The average molecular weight is 284 g/mol. The third-order valence-corrected chi connectivity index (χ3v) is 3.58. The molecule has 1 aliphatic heterocycles. The lowest BCUT2D eigenvalue weighted by molar-refractivity contribution is 0.112. The normalized spacial score (nSPS) is 19.8. The van der Waals surface area contributed by atoms with Gasteiger partial charge in [0.05, 0.1) is 18.3 Å². The molecule has 4 heteroatoms. The highest BCUT2D eigenvalue weighted by atomic mass is 79.9. The van der Waals surface area contributed by atoms with Crippen LogP contribution in [0.1, 0.15) is 16.8 Å². The molecule has 0 N–H and O–H groups in total. The Kier molecular flexibility index (Phi) is 3.61. The summed E-state index contributed by atoms with van der Waals surface area (Å²) in [5, 5.41) is 0. The van der Waals surface area contributed by atoms with Crippen molar-refractivity contribution in [2.24, 2.45) is 0 Å². The maximum Gasteiger partial charge on any atom is 0.150 e. The van der Waals surface area contributed by atoms with Crippen molar-refractivity contribution in [1.29, 1.82) is 0 Å². The molecule has 1 saturated heterocycles. The molecule has 86 valence electrons. The summed E-state index contributed by atoms with van der Waals surface area (Å²) in [5.41, 5.74) is 1.78. The Bertz CT molecular complexity index is 389. The average Bonchev–Trinajstić information content (AvgIpc) is 2.81. The zero-order chi connectivity index (χ0) is 11.5. The summed E-state index contributed by atoms with van der Waals surface area (Å²) >= 11 is 3.49. The van der Waals surface area contributed by atoms with Gasteiger partial charge < -0.3 is 9.64 Å². The summed E-state index contributed by atoms with van der Waals surface area (Å²) in [6.45, 7) is 1.61. The van der Waals surface area contributed by atoms with E-state index >= 15 is 0 Å². The third kappa shape index (κ3) is 2.28. The van der Waals surface area contributed by atoms with Crippen LogP contribution in [0.15, 0.2) is 22.7 Å². The molecule has 1 fully saturated rings. The van der Waals surface area contributed by atoms with E-state index in [-0.39, 0.29) is 0 Å². The van der Waals surface area contributed by atoms with Crippen molar-refractivity contribution in [3.8, 4) is 0 Å². The largest absolute Gasteiger partial charge is 0.379 e. The van der Waals surface area contributed by atoms with E-state index in [4.69, 9.17) is 4.74 Å². The van der Waals surface area contributed by atoms with Gasteiger partial charge in [-0.25, -0.2) is 0 Å². The number of hydrogen-bond acceptors (Lipinski definition) is 3. The van der Waals surface area contributed by atoms with Crippen molar-refractivity contribution in [2.75, 3.05) is 25.2 Å². The van der Waals surface area contributed by atoms with Gasteiger partial charge in [-0.1, -0.05) is 0 Å². The van der Waals surface area contributed by atoms with Crippen LogP contribution < -0.4 is 4.90 Å². The number of carbonyl (C=O) groups is 1. The number of ether oxygens (including phenoxy) is 1. The van der Waals surface area contributed by atoms with Crippen molar-refractivity contribution in [3.05, 3.63) is 28.2 Å². The van der Waals surface area contributed by atoms with Crippen molar-refractivity contribution in [1.82, 2.24) is 0 Å². The highest BCUT2D eigenvalue weighted by Gasteiger charge is 2.21. The monoisotopic (exact) mass is 283 g/mol. The van der Waals surface area contributed by atoms with Crippen molar-refractivity contribution < 1.29 is 9.53 Å². The van der Waals surface area contributed by atoms with Gasteiger partial charge >= 0.3 is 0 Å². The molecule has 0 bridgehead atoms. The molecule has 1 unspecified atom stereocenters. The highest BCUT2D eigenvalue weighted by molar-refractivity contribution is 9.10. The number of halogens is 1. The summed E-state index contributed by atoms with van der Waals surface area (Å²) < 4.78 is 6.32. The van der Waals surface area contributed by atoms with E-state index in [1.807, 2.05) is 18.2 Å². The molecule has 1 aromatic carbocycles. The quantitative estimate of drug-likeness (QED) is 0.799. The number of hydrogen-bond donors (Lipinski definition) is 0. The van der Waals surface area contributed by atoms with Gasteiger partial charge in [-0.3, -0.25) is 4.79 Å². The van der Waals surface area contributed by atoms with E-state index in [0.717, 1.165) is 36.1 Å². The van der Waals surface area contributed by atoms with Crippen LogP contribution in [0.4, 0.5) is 5.69 Å². The minimum absolute atomic E-state index is 0.429. The van der Waals surface area contributed by atoms with Gasteiger partial charge in [-0.2, -0.15) is 0 Å². The molecule has 0 radical (unpaired) electrons. The molecule has 1 heterocycles. The molecule has 0 spiro atoms. The summed E-state index contributed by atoms with van der Waals surface area (Å²) in [4.78, 5) is 12.8. The molecular weight excluding hydrogens is 270 g/mol. The van der Waals surface area contributed by atoms with Crippen LogP contribution in [-0.2, 0) is 4.74 Å². The van der Waals surface area contributed by atoms with Gasteiger partial charge in [0.1, 0.15) is 6.29 Å². The summed E-state index contributed by atoms with van der Waals surface area (Å²) in [7, 11) is 2.06. The molecule has 0 amide bonds. The second kappa shape index (κ2) is 4.97. The fourth-order valence-electron chi connectivity index (χ4n) is 1.91. The number of rotatable bonds is 3. The number of likely N-dealkylation sites (N-methyl/N-ethyl adjacent to an activating group) is 1. The van der Waals surface area contributed by atoms with Crippen LogP contribution in [-0.4, -0.2) is 32.6 Å². The van der Waals surface area contributed by atoms with E-state index in [1.54, 1.807) is 0 Å². The predicted octanol–water partition coefficient (Wildman–Crippen LogP) is 2.49. The first-order valence-corrected chi connectivity index (χ1v) is 6.07. The highest BCUT2D eigenvalue weighted by Crippen LogP contribution is 2.29. The van der Waals surface area contributed by atoms with Gasteiger partial charge in [-0.05, 0) is 40.5 Å². The number of anilines is 1. The second-order valence-corrected chi connectivity index (χ2v) is 4.81. The van der Waals surface area contributed by atoms with E-state index in [1.165, 1.54) is 0 Å². The van der Waals surface area contributed by atoms with Crippen LogP contribution in [0, 0.1) is 0 Å². The lowest BCUT2D eigenvalue weighted by atomic mass is 10.1. The Morgan fingerprint density at radius 2 is 2.38 bits per heavy atom.